The van der Waals surface area contributed by atoms with E-state index < -0.39 is 4.92 Å². The predicted molar refractivity (Wildman–Crippen MR) is 105 cm³/mol. The minimum absolute atomic E-state index is 0.0208. The van der Waals surface area contributed by atoms with E-state index in [1.807, 2.05) is 30.3 Å². The zero-order chi connectivity index (χ0) is 18.8. The average molecular weight is 359 g/mol. The number of nitro benzene ring substituents is 1. The van der Waals surface area contributed by atoms with Crippen LogP contribution in [0.3, 0.4) is 0 Å². The number of benzene rings is 3. The van der Waals surface area contributed by atoms with Crippen molar-refractivity contribution in [2.45, 2.75) is 6.42 Å². The third-order valence-corrected chi connectivity index (χ3v) is 4.63. The van der Waals surface area contributed by atoms with E-state index in [2.05, 4.69) is 10.6 Å². The number of nitro groups is 1. The third-order valence-electron chi connectivity index (χ3n) is 4.63. The number of hydrogen-bond donors (Lipinski definition) is 2. The van der Waals surface area contributed by atoms with Gasteiger partial charge in [0.15, 0.2) is 0 Å². The lowest BCUT2D eigenvalue weighted by Gasteiger charge is -2.11. The van der Waals surface area contributed by atoms with Crippen molar-refractivity contribution in [2.75, 3.05) is 17.2 Å². The Kier molecular flexibility index (Phi) is 4.30. The van der Waals surface area contributed by atoms with Gasteiger partial charge < -0.3 is 10.6 Å². The number of hydrogen-bond acceptors (Lipinski definition) is 4. The van der Waals surface area contributed by atoms with Gasteiger partial charge in [0.2, 0.25) is 0 Å². The first kappa shape index (κ1) is 16.8. The molecule has 0 atom stereocenters. The average Bonchev–Trinajstić information content (AvgIpc) is 3.16. The van der Waals surface area contributed by atoms with Gasteiger partial charge in [-0.1, -0.05) is 18.2 Å². The second-order valence-corrected chi connectivity index (χ2v) is 6.35. The van der Waals surface area contributed by atoms with Crippen molar-refractivity contribution in [3.05, 3.63) is 88.0 Å². The molecule has 0 saturated carbocycles. The zero-order valence-corrected chi connectivity index (χ0v) is 14.4. The molecule has 0 aromatic heterocycles. The fourth-order valence-corrected chi connectivity index (χ4v) is 3.28. The molecule has 0 aliphatic carbocycles. The highest BCUT2D eigenvalue weighted by Gasteiger charge is 2.15. The molecular weight excluding hydrogens is 342 g/mol. The van der Waals surface area contributed by atoms with Crippen molar-refractivity contribution >= 4 is 23.0 Å². The second-order valence-electron chi connectivity index (χ2n) is 6.35. The minimum Gasteiger partial charge on any atom is -0.384 e. The lowest BCUT2D eigenvalue weighted by molar-refractivity contribution is -0.384. The first-order valence-corrected chi connectivity index (χ1v) is 8.64. The molecule has 0 unspecified atom stereocenters. The first-order valence-electron chi connectivity index (χ1n) is 8.64. The monoisotopic (exact) mass is 359 g/mol. The van der Waals surface area contributed by atoms with Crippen LogP contribution < -0.4 is 10.6 Å². The molecule has 0 fully saturated rings. The van der Waals surface area contributed by atoms with Crippen molar-refractivity contribution in [3.63, 3.8) is 0 Å². The summed E-state index contributed by atoms with van der Waals surface area (Å²) in [4.78, 5) is 23.3. The van der Waals surface area contributed by atoms with Gasteiger partial charge in [0.05, 0.1) is 4.92 Å². The van der Waals surface area contributed by atoms with Gasteiger partial charge in [0, 0.05) is 35.6 Å². The van der Waals surface area contributed by atoms with Gasteiger partial charge in [-0.3, -0.25) is 14.9 Å². The summed E-state index contributed by atoms with van der Waals surface area (Å²) in [5.41, 5.74) is 5.08. The Morgan fingerprint density at radius 3 is 2.59 bits per heavy atom. The molecule has 0 radical (unpaired) electrons. The second kappa shape index (κ2) is 6.92. The smallest absolute Gasteiger partial charge is 0.269 e. The van der Waals surface area contributed by atoms with E-state index >= 15 is 0 Å². The molecule has 4 rings (SSSR count). The van der Waals surface area contributed by atoms with E-state index in [0.717, 1.165) is 35.5 Å². The standard InChI is InChI=1S/C21H17N3O3/c25-21(23-16-7-10-20-15(13-16)11-12-22-20)19-4-2-1-3-18(19)14-5-8-17(9-6-14)24(26)27/h1-10,13,22H,11-12H2,(H,23,25). The highest BCUT2D eigenvalue weighted by atomic mass is 16.6. The number of fused-ring (bicyclic) bond motifs is 1. The van der Waals surface area contributed by atoms with Crippen molar-refractivity contribution < 1.29 is 9.72 Å². The van der Waals surface area contributed by atoms with Crippen molar-refractivity contribution in [2.24, 2.45) is 0 Å². The predicted octanol–water partition coefficient (Wildman–Crippen LogP) is 4.48. The topological polar surface area (TPSA) is 84.3 Å². The van der Waals surface area contributed by atoms with Gasteiger partial charge in [-0.05, 0) is 59.5 Å². The van der Waals surface area contributed by atoms with Crippen LogP contribution >= 0.6 is 0 Å². The summed E-state index contributed by atoms with van der Waals surface area (Å²) < 4.78 is 0. The van der Waals surface area contributed by atoms with Gasteiger partial charge in [-0.15, -0.1) is 0 Å². The molecule has 27 heavy (non-hydrogen) atoms. The van der Waals surface area contributed by atoms with Gasteiger partial charge in [-0.2, -0.15) is 0 Å². The number of nitrogens with zero attached hydrogens (tertiary/aromatic N) is 1. The summed E-state index contributed by atoms with van der Waals surface area (Å²) in [6.45, 7) is 0.912. The normalized spacial score (nSPS) is 12.1. The van der Waals surface area contributed by atoms with E-state index in [-0.39, 0.29) is 11.6 Å². The summed E-state index contributed by atoms with van der Waals surface area (Å²) in [6, 6.07) is 19.3. The fraction of sp³-hybridized carbons (Fsp3) is 0.0952. The third kappa shape index (κ3) is 3.37. The molecule has 0 spiro atoms. The van der Waals surface area contributed by atoms with Crippen LogP contribution in [0, 0.1) is 10.1 Å². The molecule has 0 saturated heterocycles. The molecule has 3 aromatic carbocycles. The molecule has 0 bridgehead atoms. The van der Waals surface area contributed by atoms with E-state index in [9.17, 15) is 14.9 Å². The van der Waals surface area contributed by atoms with E-state index in [1.54, 1.807) is 24.3 Å². The number of nitrogens with one attached hydrogen (secondary N) is 2. The van der Waals surface area contributed by atoms with Crippen LogP contribution in [0.15, 0.2) is 66.7 Å². The lowest BCUT2D eigenvalue weighted by atomic mass is 9.99. The van der Waals surface area contributed by atoms with Gasteiger partial charge in [-0.25, -0.2) is 0 Å². The molecule has 2 N–H and O–H groups in total. The summed E-state index contributed by atoms with van der Waals surface area (Å²) in [5, 5.41) is 17.1. The van der Waals surface area contributed by atoms with E-state index in [4.69, 9.17) is 0 Å². The maximum atomic E-state index is 12.8. The van der Waals surface area contributed by atoms with Crippen LogP contribution in [0.2, 0.25) is 0 Å². The Morgan fingerprint density at radius 1 is 1.04 bits per heavy atom. The summed E-state index contributed by atoms with van der Waals surface area (Å²) >= 11 is 0. The van der Waals surface area contributed by atoms with Gasteiger partial charge in [0.25, 0.3) is 11.6 Å². The Bertz CT molecular complexity index is 1030. The number of amides is 1. The summed E-state index contributed by atoms with van der Waals surface area (Å²) in [6.07, 6.45) is 0.943. The number of rotatable bonds is 4. The number of non-ortho nitro benzene ring substituents is 1. The summed E-state index contributed by atoms with van der Waals surface area (Å²) in [5.74, 6) is -0.213. The van der Waals surface area contributed by atoms with Crippen LogP contribution in [-0.2, 0) is 6.42 Å². The highest BCUT2D eigenvalue weighted by molar-refractivity contribution is 6.08. The molecular formula is C21H17N3O3. The Morgan fingerprint density at radius 2 is 1.81 bits per heavy atom. The van der Waals surface area contributed by atoms with Crippen LogP contribution in [-0.4, -0.2) is 17.4 Å². The van der Waals surface area contributed by atoms with Crippen LogP contribution in [0.5, 0.6) is 0 Å². The van der Waals surface area contributed by atoms with Crippen LogP contribution in [0.4, 0.5) is 17.1 Å². The molecule has 6 heteroatoms. The maximum absolute atomic E-state index is 12.8. The minimum atomic E-state index is -0.439. The van der Waals surface area contributed by atoms with Gasteiger partial charge in [0.1, 0.15) is 0 Å². The first-order chi connectivity index (χ1) is 13.1. The number of anilines is 2. The SMILES string of the molecule is O=C(Nc1ccc2c(c1)CCN2)c1ccccc1-c1ccc([N+](=O)[O-])cc1. The molecule has 1 aliphatic heterocycles. The Hall–Kier alpha value is -3.67. The molecule has 1 heterocycles. The van der Waals surface area contributed by atoms with Crippen molar-refractivity contribution in [3.8, 4) is 11.1 Å². The zero-order valence-electron chi connectivity index (χ0n) is 14.4. The van der Waals surface area contributed by atoms with Crippen LogP contribution in [0.1, 0.15) is 15.9 Å². The summed E-state index contributed by atoms with van der Waals surface area (Å²) in [7, 11) is 0. The molecule has 3 aromatic rings. The Labute approximate surface area is 156 Å². The molecule has 134 valence electrons. The molecule has 6 nitrogen and oxygen atoms in total. The van der Waals surface area contributed by atoms with Gasteiger partial charge >= 0.3 is 0 Å². The largest absolute Gasteiger partial charge is 0.384 e. The van der Waals surface area contributed by atoms with Crippen molar-refractivity contribution in [1.82, 2.24) is 0 Å². The fourth-order valence-electron chi connectivity index (χ4n) is 3.28. The molecule has 1 aliphatic rings. The number of carbonyl (C=O) groups is 1. The van der Waals surface area contributed by atoms with E-state index in [1.165, 1.54) is 17.7 Å². The Balaban J connectivity index is 1.62. The number of carbonyl (C=O) groups excluding carboxylic acids is 1. The lowest BCUT2D eigenvalue weighted by Crippen LogP contribution is -2.13. The van der Waals surface area contributed by atoms with Crippen LogP contribution in [0.25, 0.3) is 11.1 Å². The quantitative estimate of drug-likeness (QED) is 0.531. The maximum Gasteiger partial charge on any atom is 0.269 e. The molecule has 1 amide bonds. The van der Waals surface area contributed by atoms with Crippen molar-refractivity contribution in [1.29, 1.82) is 0 Å². The van der Waals surface area contributed by atoms with E-state index in [0.29, 0.717) is 5.56 Å². The highest BCUT2D eigenvalue weighted by Crippen LogP contribution is 2.28.